The first-order valence-corrected chi connectivity index (χ1v) is 33.9. The molecule has 0 fully saturated rings. The van der Waals surface area contributed by atoms with Crippen LogP contribution in [-0.2, 0) is 114 Å². The van der Waals surface area contributed by atoms with Gasteiger partial charge in [0.15, 0.2) is 17.3 Å². The van der Waals surface area contributed by atoms with E-state index < -0.39 is 0 Å². The molecule has 98 heavy (non-hydrogen) atoms. The Balaban J connectivity index is -0.000000372. The molecule has 0 radical (unpaired) electrons. The van der Waals surface area contributed by atoms with Gasteiger partial charge in [0.25, 0.3) is 0 Å². The summed E-state index contributed by atoms with van der Waals surface area (Å²) in [5.74, 6) is -0.927. The van der Waals surface area contributed by atoms with Crippen LogP contribution in [0.4, 0.5) is 0 Å². The summed E-state index contributed by atoms with van der Waals surface area (Å²) in [5.41, 5.74) is 0. The fourth-order valence-electron chi connectivity index (χ4n) is 6.21. The summed E-state index contributed by atoms with van der Waals surface area (Å²) in [7, 11) is 9.45. The van der Waals surface area contributed by atoms with Crippen molar-refractivity contribution in [2.75, 3.05) is 292 Å². The molecule has 0 spiro atoms. The monoisotopic (exact) mass is 1420 g/mol. The standard InChI is InChI=1S/C16H32N2O6.C16H32N2O5.2C12H24N2O5.C9H19NO3/c1-15(19)13-24-14-16(20)18-6-4-8-22-10-12-23-11-9-21-7-3-5-17-2;1-15(19)5-6-16(20)18-8-4-10-22-12-14-23-13-11-21-9-3-7-17-2;2*1-11(15)9-19-10-12(16)14-4-6-18-8-7-17-5-3-13-2;1-9(11)3-5-12-7-8-13-6-4-10-2/h17H,3-14H2,1-2H3,(H,18,20);17H,3-14H2,1-2H3,(H,18,20);2*13H,3-10H2,1-2H3,(H,14,16);10H,3-8H2,1-2H3. The average Bonchev–Trinajstić information content (AvgIpc) is 3.60. The van der Waals surface area contributed by atoms with Crippen molar-refractivity contribution < 1.29 is 114 Å². The van der Waals surface area contributed by atoms with Crippen LogP contribution in [0.3, 0.4) is 0 Å². The molecule has 0 aliphatic heterocycles. The van der Waals surface area contributed by atoms with Crippen molar-refractivity contribution in [2.45, 2.75) is 79.6 Å². The average molecular weight is 1420 g/mol. The zero-order valence-corrected chi connectivity index (χ0v) is 61.3. The summed E-state index contributed by atoms with van der Waals surface area (Å²) in [5, 5.41) is 25.7. The smallest absolute Gasteiger partial charge is 0.246 e. The lowest BCUT2D eigenvalue weighted by Crippen LogP contribution is -2.31. The van der Waals surface area contributed by atoms with E-state index in [0.29, 0.717) is 191 Å². The Morgan fingerprint density at radius 1 is 0.194 bits per heavy atom. The van der Waals surface area contributed by atoms with Crippen LogP contribution in [0.15, 0.2) is 0 Å². The van der Waals surface area contributed by atoms with Crippen molar-refractivity contribution in [3.63, 3.8) is 0 Å². The van der Waals surface area contributed by atoms with Crippen LogP contribution in [0.5, 0.6) is 0 Å². The quantitative estimate of drug-likeness (QED) is 0.0310. The topological polar surface area (TPSA) is 400 Å². The largest absolute Gasteiger partial charge is 0.379 e. The van der Waals surface area contributed by atoms with Gasteiger partial charge >= 0.3 is 0 Å². The van der Waals surface area contributed by atoms with Gasteiger partial charge in [-0.25, -0.2) is 0 Å². The Kier molecular flexibility index (Phi) is 94.2. The van der Waals surface area contributed by atoms with Gasteiger partial charge in [-0.15, -0.1) is 0 Å². The number of ketones is 5. The van der Waals surface area contributed by atoms with E-state index in [4.69, 9.17) is 71.1 Å². The van der Waals surface area contributed by atoms with Crippen LogP contribution in [0, 0.1) is 0 Å². The van der Waals surface area contributed by atoms with Gasteiger partial charge in [-0.1, -0.05) is 0 Å². The molecule has 0 aliphatic carbocycles. The Hall–Kier alpha value is -4.57. The van der Waals surface area contributed by atoms with E-state index in [0.717, 1.165) is 65.2 Å². The van der Waals surface area contributed by atoms with Crippen molar-refractivity contribution >= 4 is 52.5 Å². The first-order chi connectivity index (χ1) is 47.4. The number of nitrogens with one attached hydrogen (secondary N) is 9. The number of Topliss-reactive ketones (excluding diaryl/α,β-unsaturated/α-hetero) is 5. The third-order valence-corrected chi connectivity index (χ3v) is 11.2. The number of rotatable bonds is 70. The first-order valence-electron chi connectivity index (χ1n) is 33.9. The molecule has 0 saturated carbocycles. The van der Waals surface area contributed by atoms with Crippen molar-refractivity contribution in [1.29, 1.82) is 0 Å². The summed E-state index contributed by atoms with van der Waals surface area (Å²) in [6, 6.07) is 0. The number of hydrogen-bond acceptors (Lipinski definition) is 29. The van der Waals surface area contributed by atoms with Gasteiger partial charge in [0.2, 0.25) is 23.6 Å². The van der Waals surface area contributed by atoms with E-state index in [1.807, 2.05) is 35.2 Å². The molecule has 0 saturated heterocycles. The summed E-state index contributed by atoms with van der Waals surface area (Å²) in [4.78, 5) is 98.0. The van der Waals surface area contributed by atoms with Gasteiger partial charge in [0.05, 0.1) is 132 Å². The summed E-state index contributed by atoms with van der Waals surface area (Å²) >= 11 is 0. The van der Waals surface area contributed by atoms with E-state index in [-0.39, 0.29) is 98.6 Å². The lowest BCUT2D eigenvalue weighted by atomic mass is 10.2. The molecule has 0 aromatic carbocycles. The van der Waals surface area contributed by atoms with Gasteiger partial charge in [0.1, 0.15) is 51.2 Å². The number of ether oxygens (including phenoxy) is 15. The Bertz CT molecular complexity index is 1760. The molecule has 0 aromatic heterocycles. The molecule has 0 unspecified atom stereocenters. The molecular weight excluding hydrogens is 1290 g/mol. The van der Waals surface area contributed by atoms with Gasteiger partial charge in [-0.2, -0.15) is 0 Å². The second-order valence-electron chi connectivity index (χ2n) is 20.9. The van der Waals surface area contributed by atoms with Crippen molar-refractivity contribution in [3.05, 3.63) is 0 Å². The minimum atomic E-state index is -0.255. The van der Waals surface area contributed by atoms with E-state index in [1.165, 1.54) is 27.7 Å². The van der Waals surface area contributed by atoms with E-state index in [1.54, 1.807) is 6.92 Å². The predicted octanol–water partition coefficient (Wildman–Crippen LogP) is -1.58. The fraction of sp³-hybridized carbons (Fsp3) is 0.862. The number of likely N-dealkylation sites (N-methyl/N-ethyl adjacent to an activating group) is 3. The molecule has 33 nitrogen and oxygen atoms in total. The molecule has 0 heterocycles. The highest BCUT2D eigenvalue weighted by atomic mass is 16.6. The fourth-order valence-corrected chi connectivity index (χ4v) is 6.21. The maximum Gasteiger partial charge on any atom is 0.246 e. The molecule has 0 rings (SSSR count). The maximum absolute atomic E-state index is 11.3. The molecule has 4 amide bonds. The third-order valence-electron chi connectivity index (χ3n) is 11.2. The Morgan fingerprint density at radius 2 is 0.418 bits per heavy atom. The van der Waals surface area contributed by atoms with Crippen molar-refractivity contribution in [3.8, 4) is 0 Å². The number of carbonyl (C=O) groups is 9. The maximum atomic E-state index is 11.3. The second-order valence-corrected chi connectivity index (χ2v) is 20.9. The molecule has 0 aromatic rings. The summed E-state index contributed by atoms with van der Waals surface area (Å²) < 4.78 is 78.3. The van der Waals surface area contributed by atoms with Crippen LogP contribution in [-0.4, -0.2) is 345 Å². The first kappa shape index (κ1) is 102. The van der Waals surface area contributed by atoms with Gasteiger partial charge in [-0.05, 0) is 109 Å². The Labute approximate surface area is 584 Å². The van der Waals surface area contributed by atoms with Crippen molar-refractivity contribution in [2.24, 2.45) is 0 Å². The summed E-state index contributed by atoms with van der Waals surface area (Å²) in [6.07, 6.45) is 4.54. The number of hydrogen-bond donors (Lipinski definition) is 9. The van der Waals surface area contributed by atoms with E-state index >= 15 is 0 Å². The molecule has 33 heteroatoms. The molecule has 9 N–H and O–H groups in total. The predicted molar refractivity (Wildman–Crippen MR) is 370 cm³/mol. The minimum absolute atomic E-state index is 0.0302. The van der Waals surface area contributed by atoms with E-state index in [9.17, 15) is 43.2 Å². The highest BCUT2D eigenvalue weighted by Crippen LogP contribution is 1.93. The molecule has 580 valence electrons. The van der Waals surface area contributed by atoms with E-state index in [2.05, 4.69) is 47.9 Å². The zero-order valence-electron chi connectivity index (χ0n) is 61.3. The lowest BCUT2D eigenvalue weighted by molar-refractivity contribution is -0.130. The highest BCUT2D eigenvalue weighted by molar-refractivity contribution is 5.83. The van der Waals surface area contributed by atoms with Crippen LogP contribution in [0.1, 0.15) is 79.6 Å². The summed E-state index contributed by atoms with van der Waals surface area (Å²) in [6.45, 7) is 26.9. The van der Waals surface area contributed by atoms with Gasteiger partial charge in [0, 0.05) is 91.5 Å². The number of carbonyl (C=O) groups excluding carboxylic acids is 9. The Morgan fingerprint density at radius 3 is 0.684 bits per heavy atom. The molecule has 0 aliphatic rings. The van der Waals surface area contributed by atoms with Crippen LogP contribution < -0.4 is 47.9 Å². The van der Waals surface area contributed by atoms with Gasteiger partial charge in [-0.3, -0.25) is 38.4 Å². The van der Waals surface area contributed by atoms with Gasteiger partial charge < -0.3 is 124 Å². The molecule has 0 atom stereocenters. The zero-order chi connectivity index (χ0) is 73.7. The van der Waals surface area contributed by atoms with Crippen LogP contribution >= 0.6 is 0 Å². The van der Waals surface area contributed by atoms with Crippen LogP contribution in [0.25, 0.3) is 0 Å². The highest BCUT2D eigenvalue weighted by Gasteiger charge is 2.06. The molecular formula is C65H131N9O24. The van der Waals surface area contributed by atoms with Crippen LogP contribution in [0.2, 0.25) is 0 Å². The van der Waals surface area contributed by atoms with Crippen molar-refractivity contribution in [1.82, 2.24) is 47.9 Å². The normalized spacial score (nSPS) is 10.6. The molecule has 0 bridgehead atoms. The second kappa shape index (κ2) is 90.4. The minimum Gasteiger partial charge on any atom is -0.379 e. The third kappa shape index (κ3) is 110. The lowest BCUT2D eigenvalue weighted by Gasteiger charge is -2.08. The SMILES string of the molecule is CNCCCOCCOCCOCCCNC(=O)CCC(C)=O.CNCCCOCCOCCOCCCNC(=O)COCC(C)=O.CNCCOCCOCCC(C)=O.CNCCOCCOCCNC(=O)COCC(C)=O.CNCCOCCOCCNC(=O)COCC(C)=O. The number of amides is 4.